The van der Waals surface area contributed by atoms with Crippen LogP contribution in [0.4, 0.5) is 0 Å². The molecule has 0 atom stereocenters. The van der Waals surface area contributed by atoms with Gasteiger partial charge in [0.25, 0.3) is 0 Å². The zero-order valence-corrected chi connectivity index (χ0v) is 10.9. The maximum atomic E-state index is 5.43. The summed E-state index contributed by atoms with van der Waals surface area (Å²) in [6.07, 6.45) is 3.50. The van der Waals surface area contributed by atoms with E-state index in [1.165, 1.54) is 11.1 Å². The Kier molecular flexibility index (Phi) is 4.05. The van der Waals surface area contributed by atoms with Crippen molar-refractivity contribution < 1.29 is 0 Å². The highest BCUT2D eigenvalue weighted by atomic mass is 15.2. The molecule has 0 bridgehead atoms. The lowest BCUT2D eigenvalue weighted by Gasteiger charge is -2.31. The molecule has 3 heteroatoms. The van der Waals surface area contributed by atoms with Crippen LogP contribution < -0.4 is 11.1 Å². The van der Waals surface area contributed by atoms with Gasteiger partial charge in [0.15, 0.2) is 0 Å². The van der Waals surface area contributed by atoms with Gasteiger partial charge in [-0.1, -0.05) is 18.7 Å². The Morgan fingerprint density at radius 1 is 1.39 bits per heavy atom. The van der Waals surface area contributed by atoms with Gasteiger partial charge in [0, 0.05) is 31.9 Å². The summed E-state index contributed by atoms with van der Waals surface area (Å²) in [5.74, 6) is 0. The maximum absolute atomic E-state index is 5.43. The fourth-order valence-electron chi connectivity index (χ4n) is 2.26. The Bertz CT molecular complexity index is 457. The van der Waals surface area contributed by atoms with Crippen molar-refractivity contribution >= 4 is 11.8 Å². The number of nitrogens with one attached hydrogen (secondary N) is 1. The van der Waals surface area contributed by atoms with Crippen LogP contribution in [-0.2, 0) is 0 Å². The number of benzene rings is 1. The first-order chi connectivity index (χ1) is 8.72. The molecule has 1 aromatic rings. The first-order valence-electron chi connectivity index (χ1n) is 6.36. The molecule has 0 amide bonds. The second-order valence-corrected chi connectivity index (χ2v) is 4.61. The van der Waals surface area contributed by atoms with Crippen LogP contribution in [0.2, 0.25) is 0 Å². The van der Waals surface area contributed by atoms with Gasteiger partial charge >= 0.3 is 0 Å². The second-order valence-electron chi connectivity index (χ2n) is 4.61. The normalized spacial score (nSPS) is 16.2. The predicted molar refractivity (Wildman–Crippen MR) is 77.9 cm³/mol. The van der Waals surface area contributed by atoms with Gasteiger partial charge in [0.05, 0.1) is 0 Å². The molecule has 3 N–H and O–H groups in total. The molecule has 2 rings (SSSR count). The van der Waals surface area contributed by atoms with Gasteiger partial charge in [0.1, 0.15) is 0 Å². The van der Waals surface area contributed by atoms with E-state index in [0.29, 0.717) is 0 Å². The van der Waals surface area contributed by atoms with Crippen molar-refractivity contribution in [3.63, 3.8) is 0 Å². The summed E-state index contributed by atoms with van der Waals surface area (Å²) in [6.45, 7) is 10.4. The average Bonchev–Trinajstić information content (AvgIpc) is 2.41. The van der Waals surface area contributed by atoms with E-state index in [1.54, 1.807) is 6.20 Å². The highest BCUT2D eigenvalue weighted by molar-refractivity contribution is 5.66. The Labute approximate surface area is 109 Å². The Morgan fingerprint density at radius 2 is 2.11 bits per heavy atom. The van der Waals surface area contributed by atoms with E-state index in [4.69, 9.17) is 5.73 Å². The molecule has 1 aliphatic heterocycles. The van der Waals surface area contributed by atoms with Crippen LogP contribution in [0.5, 0.6) is 0 Å². The molecule has 3 nitrogen and oxygen atoms in total. The molecule has 1 aliphatic rings. The molecule has 0 aliphatic carbocycles. The van der Waals surface area contributed by atoms with Gasteiger partial charge in [-0.25, -0.2) is 0 Å². The summed E-state index contributed by atoms with van der Waals surface area (Å²) in [6, 6.07) is 6.40. The number of rotatable bonds is 3. The van der Waals surface area contributed by atoms with Crippen molar-refractivity contribution in [3.05, 3.63) is 47.7 Å². The molecule has 1 aromatic carbocycles. The van der Waals surface area contributed by atoms with E-state index in [1.807, 2.05) is 6.08 Å². The third kappa shape index (κ3) is 2.74. The SMILES string of the molecule is C=C(c1ccc(/C=C\N)c(C)c1)N1CCNCC1. The molecular formula is C15H21N3. The zero-order valence-electron chi connectivity index (χ0n) is 10.9. The summed E-state index contributed by atoms with van der Waals surface area (Å²) in [4.78, 5) is 2.34. The molecule has 0 radical (unpaired) electrons. The standard InChI is InChI=1S/C15H21N3/c1-12-11-15(4-3-14(12)5-6-16)13(2)18-9-7-17-8-10-18/h3-6,11,17H,2,7-10,16H2,1H3/b6-5-. The van der Waals surface area contributed by atoms with E-state index in [2.05, 4.69) is 41.9 Å². The van der Waals surface area contributed by atoms with Gasteiger partial charge in [-0.3, -0.25) is 0 Å². The van der Waals surface area contributed by atoms with E-state index in [9.17, 15) is 0 Å². The largest absolute Gasteiger partial charge is 0.405 e. The predicted octanol–water partition coefficient (Wildman–Crippen LogP) is 1.80. The number of piperazine rings is 1. The van der Waals surface area contributed by atoms with Crippen molar-refractivity contribution in [1.82, 2.24) is 10.2 Å². The van der Waals surface area contributed by atoms with Crippen molar-refractivity contribution in [2.24, 2.45) is 5.73 Å². The number of aryl methyl sites for hydroxylation is 1. The van der Waals surface area contributed by atoms with Crippen LogP contribution in [0.1, 0.15) is 16.7 Å². The minimum Gasteiger partial charge on any atom is -0.405 e. The van der Waals surface area contributed by atoms with Gasteiger partial charge in [0.2, 0.25) is 0 Å². The molecular weight excluding hydrogens is 222 g/mol. The van der Waals surface area contributed by atoms with Crippen LogP contribution in [0.3, 0.4) is 0 Å². The molecule has 0 saturated carbocycles. The molecule has 0 spiro atoms. The quantitative estimate of drug-likeness (QED) is 0.850. The molecule has 18 heavy (non-hydrogen) atoms. The van der Waals surface area contributed by atoms with Crippen LogP contribution in [-0.4, -0.2) is 31.1 Å². The monoisotopic (exact) mass is 243 g/mol. The Morgan fingerprint density at radius 3 is 2.72 bits per heavy atom. The van der Waals surface area contributed by atoms with Crippen molar-refractivity contribution in [3.8, 4) is 0 Å². The minimum atomic E-state index is 1.03. The molecule has 1 fully saturated rings. The molecule has 1 saturated heterocycles. The van der Waals surface area contributed by atoms with Crippen molar-refractivity contribution in [2.75, 3.05) is 26.2 Å². The molecule has 0 unspecified atom stereocenters. The van der Waals surface area contributed by atoms with E-state index in [-0.39, 0.29) is 0 Å². The fourth-order valence-corrected chi connectivity index (χ4v) is 2.26. The minimum absolute atomic E-state index is 1.03. The summed E-state index contributed by atoms with van der Waals surface area (Å²) in [7, 11) is 0. The van der Waals surface area contributed by atoms with Crippen LogP contribution in [0, 0.1) is 6.92 Å². The topological polar surface area (TPSA) is 41.3 Å². The Hall–Kier alpha value is -1.74. The van der Waals surface area contributed by atoms with E-state index in [0.717, 1.165) is 37.4 Å². The van der Waals surface area contributed by atoms with E-state index < -0.39 is 0 Å². The third-order valence-corrected chi connectivity index (χ3v) is 3.38. The fraction of sp³-hybridized carbons (Fsp3) is 0.333. The van der Waals surface area contributed by atoms with Crippen LogP contribution >= 0.6 is 0 Å². The average molecular weight is 243 g/mol. The third-order valence-electron chi connectivity index (χ3n) is 3.38. The van der Waals surface area contributed by atoms with Gasteiger partial charge in [-0.15, -0.1) is 0 Å². The lowest BCUT2D eigenvalue weighted by molar-refractivity contribution is 0.341. The molecule has 96 valence electrons. The van der Waals surface area contributed by atoms with Crippen molar-refractivity contribution in [1.29, 1.82) is 0 Å². The lowest BCUT2D eigenvalue weighted by Crippen LogP contribution is -2.42. The first-order valence-corrected chi connectivity index (χ1v) is 6.36. The highest BCUT2D eigenvalue weighted by Gasteiger charge is 2.13. The first kappa shape index (κ1) is 12.7. The number of hydrogen-bond acceptors (Lipinski definition) is 3. The second kappa shape index (κ2) is 5.74. The summed E-state index contributed by atoms with van der Waals surface area (Å²) < 4.78 is 0. The number of nitrogens with two attached hydrogens (primary N) is 1. The van der Waals surface area contributed by atoms with Gasteiger partial charge in [-0.2, -0.15) is 0 Å². The smallest absolute Gasteiger partial charge is 0.0367 e. The number of hydrogen-bond donors (Lipinski definition) is 2. The highest BCUT2D eigenvalue weighted by Crippen LogP contribution is 2.21. The maximum Gasteiger partial charge on any atom is 0.0367 e. The Balaban J connectivity index is 2.17. The number of nitrogens with zero attached hydrogens (tertiary/aromatic N) is 1. The summed E-state index contributed by atoms with van der Waals surface area (Å²) in [5, 5.41) is 3.35. The lowest BCUT2D eigenvalue weighted by atomic mass is 10.0. The van der Waals surface area contributed by atoms with E-state index >= 15 is 0 Å². The van der Waals surface area contributed by atoms with Crippen molar-refractivity contribution in [2.45, 2.75) is 6.92 Å². The van der Waals surface area contributed by atoms with Crippen LogP contribution in [0.15, 0.2) is 31.0 Å². The summed E-state index contributed by atoms with van der Waals surface area (Å²) >= 11 is 0. The van der Waals surface area contributed by atoms with Crippen LogP contribution in [0.25, 0.3) is 11.8 Å². The van der Waals surface area contributed by atoms with Gasteiger partial charge in [-0.05, 0) is 42.0 Å². The van der Waals surface area contributed by atoms with Gasteiger partial charge < -0.3 is 16.0 Å². The molecule has 0 aromatic heterocycles. The summed E-state index contributed by atoms with van der Waals surface area (Å²) in [5.41, 5.74) is 10.1. The zero-order chi connectivity index (χ0) is 13.0. The molecule has 1 heterocycles.